The molecule has 1 unspecified atom stereocenters. The molecule has 7 heteroatoms. The van der Waals surface area contributed by atoms with Crippen LogP contribution in [0.2, 0.25) is 0 Å². The lowest BCUT2D eigenvalue weighted by Crippen LogP contribution is -2.40. The Labute approximate surface area is 117 Å². The average molecular weight is 296 g/mol. The van der Waals surface area contributed by atoms with E-state index < -0.39 is 22.0 Å². The number of amides is 2. The monoisotopic (exact) mass is 296 g/mol. The van der Waals surface area contributed by atoms with Gasteiger partial charge in [-0.05, 0) is 18.1 Å². The van der Waals surface area contributed by atoms with Gasteiger partial charge in [-0.3, -0.25) is 14.5 Å². The molecule has 0 aromatic heterocycles. The molecule has 1 saturated heterocycles. The fraction of sp³-hybridized carbons (Fsp3) is 0.385. The van der Waals surface area contributed by atoms with Gasteiger partial charge in [0.05, 0.1) is 11.3 Å². The molecule has 0 saturated carbocycles. The minimum atomic E-state index is -3.82. The molecule has 0 radical (unpaired) electrons. The van der Waals surface area contributed by atoms with E-state index in [-0.39, 0.29) is 17.2 Å². The second-order valence-corrected chi connectivity index (χ2v) is 6.31. The number of nitrogens with one attached hydrogen (secondary N) is 1. The largest absolute Gasteiger partial charge is 0.284 e. The molecule has 20 heavy (non-hydrogen) atoms. The van der Waals surface area contributed by atoms with Crippen LogP contribution in [0.25, 0.3) is 0 Å². The van der Waals surface area contributed by atoms with Crippen LogP contribution >= 0.6 is 0 Å². The molecule has 1 fully saturated rings. The summed E-state index contributed by atoms with van der Waals surface area (Å²) in [6.07, 6.45) is 0.428. The summed E-state index contributed by atoms with van der Waals surface area (Å²) in [7, 11) is -2.47. The van der Waals surface area contributed by atoms with Gasteiger partial charge in [0.25, 0.3) is 0 Å². The molecular weight excluding hydrogens is 280 g/mol. The molecule has 1 aliphatic heterocycles. The Morgan fingerprint density at radius 3 is 2.50 bits per heavy atom. The topological polar surface area (TPSA) is 83.6 Å². The number of benzene rings is 1. The van der Waals surface area contributed by atoms with E-state index in [1.165, 1.54) is 13.1 Å². The molecule has 6 nitrogen and oxygen atoms in total. The van der Waals surface area contributed by atoms with Crippen LogP contribution in [0, 0.1) is 0 Å². The number of carbonyl (C=O) groups excluding carboxylic acids is 2. The predicted molar refractivity (Wildman–Crippen MR) is 72.3 cm³/mol. The summed E-state index contributed by atoms with van der Waals surface area (Å²) in [5.41, 5.74) is 0.671. The van der Waals surface area contributed by atoms with E-state index in [0.29, 0.717) is 12.0 Å². The van der Waals surface area contributed by atoms with Crippen molar-refractivity contribution in [2.24, 2.45) is 0 Å². The third-order valence-corrected chi connectivity index (χ3v) is 4.89. The lowest BCUT2D eigenvalue weighted by atomic mass is 10.2. The number of carbonyl (C=O) groups is 2. The number of sulfonamides is 1. The van der Waals surface area contributed by atoms with Crippen LogP contribution in [-0.4, -0.2) is 38.2 Å². The Morgan fingerprint density at radius 2 is 1.95 bits per heavy atom. The molecule has 0 bridgehead atoms. The first kappa shape index (κ1) is 14.7. The second-order valence-electron chi connectivity index (χ2n) is 4.63. The van der Waals surface area contributed by atoms with E-state index in [4.69, 9.17) is 0 Å². The maximum atomic E-state index is 12.3. The molecular formula is C13H16N2O4S. The van der Waals surface area contributed by atoms with Crippen LogP contribution in [0.4, 0.5) is 0 Å². The molecule has 2 rings (SSSR count). The molecule has 1 aromatic carbocycles. The van der Waals surface area contributed by atoms with Crippen LogP contribution in [-0.2, 0) is 26.0 Å². The first-order valence-electron chi connectivity index (χ1n) is 6.27. The number of aryl methyl sites for hydroxylation is 1. The van der Waals surface area contributed by atoms with Crippen LogP contribution in [0.3, 0.4) is 0 Å². The lowest BCUT2D eigenvalue weighted by molar-refractivity contribution is -0.137. The Morgan fingerprint density at radius 1 is 1.30 bits per heavy atom. The van der Waals surface area contributed by atoms with Crippen LogP contribution in [0.1, 0.15) is 18.9 Å². The van der Waals surface area contributed by atoms with Gasteiger partial charge < -0.3 is 0 Å². The van der Waals surface area contributed by atoms with Gasteiger partial charge in [0.1, 0.15) is 6.04 Å². The molecule has 1 aliphatic rings. The number of imide groups is 1. The number of hydrogen-bond acceptors (Lipinski definition) is 4. The third kappa shape index (κ3) is 2.59. The average Bonchev–Trinajstić information content (AvgIpc) is 2.66. The van der Waals surface area contributed by atoms with E-state index in [1.54, 1.807) is 18.2 Å². The summed E-state index contributed by atoms with van der Waals surface area (Å²) >= 11 is 0. The lowest BCUT2D eigenvalue weighted by Gasteiger charge is -2.13. The summed E-state index contributed by atoms with van der Waals surface area (Å²) in [6, 6.07) is 5.59. The van der Waals surface area contributed by atoms with E-state index in [9.17, 15) is 18.0 Å². The molecule has 0 spiro atoms. The maximum absolute atomic E-state index is 12.3. The van der Waals surface area contributed by atoms with Crippen molar-refractivity contribution < 1.29 is 18.0 Å². The van der Waals surface area contributed by atoms with Crippen LogP contribution in [0.5, 0.6) is 0 Å². The van der Waals surface area contributed by atoms with Crippen molar-refractivity contribution in [2.75, 3.05) is 7.05 Å². The van der Waals surface area contributed by atoms with Crippen molar-refractivity contribution in [1.82, 2.24) is 9.62 Å². The van der Waals surface area contributed by atoms with Crippen molar-refractivity contribution in [3.63, 3.8) is 0 Å². The number of hydrogen-bond donors (Lipinski definition) is 1. The fourth-order valence-electron chi connectivity index (χ4n) is 2.16. The highest BCUT2D eigenvalue weighted by molar-refractivity contribution is 7.89. The van der Waals surface area contributed by atoms with Gasteiger partial charge >= 0.3 is 0 Å². The van der Waals surface area contributed by atoms with Crippen molar-refractivity contribution in [3.05, 3.63) is 29.8 Å². The Kier molecular flexibility index (Phi) is 3.92. The third-order valence-electron chi connectivity index (χ3n) is 3.32. The number of nitrogens with zero attached hydrogens (tertiary/aromatic N) is 1. The summed E-state index contributed by atoms with van der Waals surface area (Å²) < 4.78 is 27.0. The Balaban J connectivity index is 2.29. The van der Waals surface area contributed by atoms with Crippen molar-refractivity contribution >= 4 is 21.8 Å². The zero-order valence-corrected chi connectivity index (χ0v) is 12.1. The van der Waals surface area contributed by atoms with Crippen LogP contribution < -0.4 is 4.72 Å². The zero-order valence-electron chi connectivity index (χ0n) is 11.3. The highest BCUT2D eigenvalue weighted by Crippen LogP contribution is 2.19. The SMILES string of the molecule is CCc1ccccc1S(=O)(=O)NC1CC(=O)N(C)C1=O. The van der Waals surface area contributed by atoms with Crippen molar-refractivity contribution in [3.8, 4) is 0 Å². The van der Waals surface area contributed by atoms with Crippen molar-refractivity contribution in [1.29, 1.82) is 0 Å². The standard InChI is InChI=1S/C13H16N2O4S/c1-3-9-6-4-5-7-11(9)20(18,19)14-10-8-12(16)15(2)13(10)17/h4-7,10,14H,3,8H2,1-2H3. The molecule has 0 aliphatic carbocycles. The maximum Gasteiger partial charge on any atom is 0.247 e. The molecule has 2 amide bonds. The number of likely N-dealkylation sites (N-methyl/N-ethyl adjacent to an activating group) is 1. The molecule has 1 atom stereocenters. The minimum Gasteiger partial charge on any atom is -0.284 e. The minimum absolute atomic E-state index is 0.136. The predicted octanol–water partition coefficient (Wildman–Crippen LogP) is 0.285. The second kappa shape index (κ2) is 5.34. The first-order valence-corrected chi connectivity index (χ1v) is 7.75. The Bertz CT molecular complexity index is 654. The highest BCUT2D eigenvalue weighted by atomic mass is 32.2. The fourth-order valence-corrected chi connectivity index (χ4v) is 3.66. The zero-order chi connectivity index (χ0) is 14.9. The number of likely N-dealkylation sites (tertiary alicyclic amines) is 1. The van der Waals surface area contributed by atoms with Gasteiger partial charge in [0, 0.05) is 7.05 Å². The summed E-state index contributed by atoms with van der Waals surface area (Å²) in [4.78, 5) is 24.3. The Hall–Kier alpha value is -1.73. The van der Waals surface area contributed by atoms with Gasteiger partial charge in [-0.25, -0.2) is 8.42 Å². The quantitative estimate of drug-likeness (QED) is 0.809. The van der Waals surface area contributed by atoms with Gasteiger partial charge in [-0.15, -0.1) is 0 Å². The summed E-state index contributed by atoms with van der Waals surface area (Å²) in [5, 5.41) is 0. The molecule has 1 N–H and O–H groups in total. The summed E-state index contributed by atoms with van der Waals surface area (Å²) in [5.74, 6) is -0.904. The van der Waals surface area contributed by atoms with Gasteiger partial charge in [-0.2, -0.15) is 4.72 Å². The van der Waals surface area contributed by atoms with E-state index in [2.05, 4.69) is 4.72 Å². The van der Waals surface area contributed by atoms with Gasteiger partial charge in [0.2, 0.25) is 21.8 Å². The number of rotatable bonds is 4. The highest BCUT2D eigenvalue weighted by Gasteiger charge is 2.38. The normalized spacial score (nSPS) is 19.7. The summed E-state index contributed by atoms with van der Waals surface area (Å²) in [6.45, 7) is 1.85. The molecule has 1 aromatic rings. The smallest absolute Gasteiger partial charge is 0.247 e. The van der Waals surface area contributed by atoms with E-state index in [1.807, 2.05) is 6.92 Å². The molecule has 1 heterocycles. The van der Waals surface area contributed by atoms with E-state index >= 15 is 0 Å². The van der Waals surface area contributed by atoms with Gasteiger partial charge in [0.15, 0.2) is 0 Å². The van der Waals surface area contributed by atoms with Gasteiger partial charge in [-0.1, -0.05) is 25.1 Å². The first-order chi connectivity index (χ1) is 9.36. The van der Waals surface area contributed by atoms with Crippen LogP contribution in [0.15, 0.2) is 29.2 Å². The van der Waals surface area contributed by atoms with E-state index in [0.717, 1.165) is 4.90 Å². The van der Waals surface area contributed by atoms with Crippen molar-refractivity contribution in [2.45, 2.75) is 30.7 Å². The molecule has 108 valence electrons.